The van der Waals surface area contributed by atoms with Gasteiger partial charge < -0.3 is 5.32 Å². The van der Waals surface area contributed by atoms with Gasteiger partial charge in [-0.2, -0.15) is 0 Å². The van der Waals surface area contributed by atoms with Crippen molar-refractivity contribution in [1.82, 2.24) is 5.32 Å². The number of aryl methyl sites for hydroxylation is 1. The summed E-state index contributed by atoms with van der Waals surface area (Å²) in [6.07, 6.45) is 7.05. The van der Waals surface area contributed by atoms with Crippen LogP contribution in [-0.4, -0.2) is 7.05 Å². The van der Waals surface area contributed by atoms with Crippen LogP contribution in [0, 0.1) is 17.8 Å². The molecule has 2 fully saturated rings. The Balaban J connectivity index is 1.79. The smallest absolute Gasteiger partial charge is 0.0348 e. The van der Waals surface area contributed by atoms with Crippen molar-refractivity contribution in [2.45, 2.75) is 45.1 Å². The topological polar surface area (TPSA) is 12.0 Å². The van der Waals surface area contributed by atoms with E-state index in [1.807, 2.05) is 0 Å². The van der Waals surface area contributed by atoms with E-state index in [1.165, 1.54) is 36.8 Å². The van der Waals surface area contributed by atoms with Crippen molar-refractivity contribution in [2.75, 3.05) is 7.05 Å². The van der Waals surface area contributed by atoms with Crippen LogP contribution in [0.5, 0.6) is 0 Å². The van der Waals surface area contributed by atoms with Crippen LogP contribution in [0.1, 0.15) is 49.8 Å². The fraction of sp³-hybridized carbons (Fsp3) is 0.647. The minimum Gasteiger partial charge on any atom is -0.313 e. The maximum absolute atomic E-state index is 3.58. The maximum Gasteiger partial charge on any atom is 0.0348 e. The van der Waals surface area contributed by atoms with E-state index in [9.17, 15) is 0 Å². The Bertz CT molecular complexity index is 395. The molecule has 3 rings (SSSR count). The highest BCUT2D eigenvalue weighted by molar-refractivity contribution is 5.26. The quantitative estimate of drug-likeness (QED) is 0.844. The third-order valence-electron chi connectivity index (χ3n) is 5.28. The van der Waals surface area contributed by atoms with Crippen LogP contribution < -0.4 is 5.32 Å². The number of rotatable bonds is 4. The van der Waals surface area contributed by atoms with E-state index in [0.29, 0.717) is 6.04 Å². The van der Waals surface area contributed by atoms with Crippen LogP contribution in [0.2, 0.25) is 0 Å². The normalized spacial score (nSPS) is 31.8. The zero-order valence-corrected chi connectivity index (χ0v) is 11.7. The van der Waals surface area contributed by atoms with E-state index in [1.54, 1.807) is 0 Å². The summed E-state index contributed by atoms with van der Waals surface area (Å²) in [5.74, 6) is 2.89. The molecular formula is C17H25N. The second-order valence-electron chi connectivity index (χ2n) is 6.20. The summed E-state index contributed by atoms with van der Waals surface area (Å²) >= 11 is 0. The molecule has 98 valence electrons. The van der Waals surface area contributed by atoms with Crippen LogP contribution in [0.15, 0.2) is 24.3 Å². The van der Waals surface area contributed by atoms with Crippen molar-refractivity contribution >= 4 is 0 Å². The van der Waals surface area contributed by atoms with Crippen LogP contribution in [0.4, 0.5) is 0 Å². The minimum absolute atomic E-state index is 0.575. The summed E-state index contributed by atoms with van der Waals surface area (Å²) < 4.78 is 0. The van der Waals surface area contributed by atoms with Crippen LogP contribution in [-0.2, 0) is 6.42 Å². The zero-order valence-electron chi connectivity index (χ0n) is 11.7. The van der Waals surface area contributed by atoms with Gasteiger partial charge in [0.05, 0.1) is 0 Å². The van der Waals surface area contributed by atoms with Gasteiger partial charge >= 0.3 is 0 Å². The predicted octanol–water partition coefficient (Wildman–Crippen LogP) is 3.95. The van der Waals surface area contributed by atoms with Gasteiger partial charge in [0.25, 0.3) is 0 Å². The Hall–Kier alpha value is -0.820. The molecule has 2 aliphatic rings. The Kier molecular flexibility index (Phi) is 3.43. The van der Waals surface area contributed by atoms with E-state index in [2.05, 4.69) is 43.6 Å². The van der Waals surface area contributed by atoms with Gasteiger partial charge in [-0.1, -0.05) is 37.6 Å². The van der Waals surface area contributed by atoms with Gasteiger partial charge in [-0.25, -0.2) is 0 Å². The van der Waals surface area contributed by atoms with Gasteiger partial charge in [-0.05, 0) is 61.6 Å². The first kappa shape index (κ1) is 12.2. The van der Waals surface area contributed by atoms with E-state index in [4.69, 9.17) is 0 Å². The second-order valence-corrected chi connectivity index (χ2v) is 6.20. The number of hydrogen-bond acceptors (Lipinski definition) is 1. The van der Waals surface area contributed by atoms with Crippen LogP contribution >= 0.6 is 0 Å². The third kappa shape index (κ3) is 2.09. The molecule has 0 aliphatic heterocycles. The lowest BCUT2D eigenvalue weighted by Crippen LogP contribution is -2.28. The van der Waals surface area contributed by atoms with Crippen molar-refractivity contribution in [3.8, 4) is 0 Å². The largest absolute Gasteiger partial charge is 0.313 e. The molecule has 1 N–H and O–H groups in total. The molecule has 2 bridgehead atoms. The highest BCUT2D eigenvalue weighted by Crippen LogP contribution is 2.52. The summed E-state index contributed by atoms with van der Waals surface area (Å²) in [5.41, 5.74) is 2.94. The van der Waals surface area contributed by atoms with E-state index >= 15 is 0 Å². The molecule has 0 heterocycles. The van der Waals surface area contributed by atoms with Crippen molar-refractivity contribution in [3.05, 3.63) is 35.4 Å². The molecule has 1 aromatic carbocycles. The standard InChI is InChI=1S/C17H25N/c1-3-12-4-7-14(8-5-12)17(18-2)16-11-13-6-9-15(16)10-13/h4-5,7-8,13,15-18H,3,6,9-11H2,1-2H3. The molecule has 4 atom stereocenters. The first-order valence-corrected chi connectivity index (χ1v) is 7.58. The van der Waals surface area contributed by atoms with Gasteiger partial charge in [-0.3, -0.25) is 0 Å². The summed E-state index contributed by atoms with van der Waals surface area (Å²) in [7, 11) is 2.13. The highest BCUT2D eigenvalue weighted by Gasteiger charge is 2.42. The molecule has 1 aromatic rings. The van der Waals surface area contributed by atoms with Crippen molar-refractivity contribution in [2.24, 2.45) is 17.8 Å². The Morgan fingerprint density at radius 2 is 1.94 bits per heavy atom. The molecule has 0 amide bonds. The molecule has 2 saturated carbocycles. The lowest BCUT2D eigenvalue weighted by Gasteiger charge is -2.30. The van der Waals surface area contributed by atoms with Gasteiger partial charge in [0, 0.05) is 6.04 Å². The number of benzene rings is 1. The molecular weight excluding hydrogens is 218 g/mol. The summed E-state index contributed by atoms with van der Waals surface area (Å²) in [4.78, 5) is 0. The van der Waals surface area contributed by atoms with Crippen molar-refractivity contribution < 1.29 is 0 Å². The lowest BCUT2D eigenvalue weighted by molar-refractivity contribution is 0.259. The summed E-state index contributed by atoms with van der Waals surface area (Å²) in [6.45, 7) is 2.22. The fourth-order valence-electron chi connectivity index (χ4n) is 4.29. The SMILES string of the molecule is CCc1ccc(C(NC)C2CC3CCC2C3)cc1. The monoisotopic (exact) mass is 243 g/mol. The van der Waals surface area contributed by atoms with Crippen molar-refractivity contribution in [1.29, 1.82) is 0 Å². The summed E-state index contributed by atoms with van der Waals surface area (Å²) in [5, 5.41) is 3.58. The van der Waals surface area contributed by atoms with E-state index in [-0.39, 0.29) is 0 Å². The lowest BCUT2D eigenvalue weighted by atomic mass is 9.80. The van der Waals surface area contributed by atoms with E-state index in [0.717, 1.165) is 24.2 Å². The molecule has 0 aromatic heterocycles. The molecule has 1 nitrogen and oxygen atoms in total. The molecule has 18 heavy (non-hydrogen) atoms. The van der Waals surface area contributed by atoms with Gasteiger partial charge in [0.1, 0.15) is 0 Å². The third-order valence-corrected chi connectivity index (χ3v) is 5.28. The fourth-order valence-corrected chi connectivity index (χ4v) is 4.29. The molecule has 0 radical (unpaired) electrons. The summed E-state index contributed by atoms with van der Waals surface area (Å²) in [6, 6.07) is 9.85. The first-order valence-electron chi connectivity index (χ1n) is 7.58. The highest BCUT2D eigenvalue weighted by atomic mass is 14.9. The first-order chi connectivity index (χ1) is 8.81. The molecule has 0 saturated heterocycles. The van der Waals surface area contributed by atoms with Crippen molar-refractivity contribution in [3.63, 3.8) is 0 Å². The maximum atomic E-state index is 3.58. The Labute approximate surface area is 111 Å². The average molecular weight is 243 g/mol. The molecule has 0 spiro atoms. The number of hydrogen-bond donors (Lipinski definition) is 1. The minimum atomic E-state index is 0.575. The average Bonchev–Trinajstić information content (AvgIpc) is 3.03. The molecule has 1 heteroatoms. The Morgan fingerprint density at radius 3 is 2.44 bits per heavy atom. The van der Waals surface area contributed by atoms with Crippen LogP contribution in [0.3, 0.4) is 0 Å². The predicted molar refractivity (Wildman–Crippen MR) is 76.6 cm³/mol. The van der Waals surface area contributed by atoms with Gasteiger partial charge in [0.2, 0.25) is 0 Å². The van der Waals surface area contributed by atoms with Crippen LogP contribution in [0.25, 0.3) is 0 Å². The number of nitrogens with one attached hydrogen (secondary N) is 1. The van der Waals surface area contributed by atoms with E-state index < -0.39 is 0 Å². The van der Waals surface area contributed by atoms with Gasteiger partial charge in [0.15, 0.2) is 0 Å². The molecule has 4 unspecified atom stereocenters. The second kappa shape index (κ2) is 5.05. The number of fused-ring (bicyclic) bond motifs is 2. The Morgan fingerprint density at radius 1 is 1.17 bits per heavy atom. The van der Waals surface area contributed by atoms with Gasteiger partial charge in [-0.15, -0.1) is 0 Å². The molecule has 2 aliphatic carbocycles. The zero-order chi connectivity index (χ0) is 12.5.